The van der Waals surface area contributed by atoms with Crippen LogP contribution in [0.2, 0.25) is 0 Å². The summed E-state index contributed by atoms with van der Waals surface area (Å²) in [6, 6.07) is 100. The third-order valence-corrected chi connectivity index (χ3v) is 20.9. The van der Waals surface area contributed by atoms with Gasteiger partial charge < -0.3 is 10.2 Å². The Balaban J connectivity index is 0.000000167. The number of aliphatic imine (C=N–C) groups is 2. The first kappa shape index (κ1) is 68.4. The van der Waals surface area contributed by atoms with Crippen molar-refractivity contribution < 1.29 is 26.7 Å². The summed E-state index contributed by atoms with van der Waals surface area (Å²) in [7, 11) is -1.91. The molecule has 0 radical (unpaired) electrons. The average molecular weight is 1290 g/mol. The van der Waals surface area contributed by atoms with Gasteiger partial charge >= 0.3 is 16.5 Å². The molecule has 0 spiro atoms. The molecule has 0 heterocycles. The van der Waals surface area contributed by atoms with Crippen LogP contribution in [0, 0.1) is 13.8 Å². The molecule has 4 nitrogen and oxygen atoms in total. The second-order valence-electron chi connectivity index (χ2n) is 23.9. The number of aryl methyl sites for hydroxylation is 2. The fourth-order valence-corrected chi connectivity index (χ4v) is 16.4. The van der Waals surface area contributed by atoms with Gasteiger partial charge in [0.2, 0.25) is 0 Å². The van der Waals surface area contributed by atoms with E-state index in [9.17, 15) is 10.2 Å². The summed E-state index contributed by atoms with van der Waals surface area (Å²) in [5.74, 6) is 0.610. The molecule has 0 saturated heterocycles. The standard InChI is InChI=1S/2C32H31NO.C24H20P.Ni/c2*1-5-12-24-17-23(4)31(29(18-24)22(2)3)33-21-28-19-27(25-13-8-6-9-14-25)20-30(32(28)34)26-15-10-7-11-16-26;1-5-13-21(14-6-1)25(22-15-7-2-8-16-22,23-17-9-3-10-18-23)24-19-11-4-12-20-24;/h2*5-11,13-22,34H,1,12H2,2-4H3;1-20H;/q;;+1;+2/p-2. The Bertz CT molecular complexity index is 4110. The maximum absolute atomic E-state index is 13.5. The molecule has 0 atom stereocenters. The summed E-state index contributed by atoms with van der Waals surface area (Å²) in [5.41, 5.74) is 17.4. The van der Waals surface area contributed by atoms with E-state index in [4.69, 9.17) is 9.98 Å². The van der Waals surface area contributed by atoms with Crippen LogP contribution in [0.4, 0.5) is 11.4 Å². The predicted molar refractivity (Wildman–Crippen MR) is 398 cm³/mol. The van der Waals surface area contributed by atoms with Gasteiger partial charge in [-0.25, -0.2) is 0 Å². The normalized spacial score (nSPS) is 11.1. The predicted octanol–water partition coefficient (Wildman–Crippen LogP) is 20.3. The number of hydrogen-bond donors (Lipinski definition) is 0. The molecule has 0 aliphatic carbocycles. The van der Waals surface area contributed by atoms with Gasteiger partial charge in [0.15, 0.2) is 0 Å². The zero-order chi connectivity index (χ0) is 65.1. The van der Waals surface area contributed by atoms with Crippen LogP contribution in [0.5, 0.6) is 11.5 Å². The molecule has 0 fully saturated rings. The van der Waals surface area contributed by atoms with Crippen LogP contribution >= 0.6 is 7.26 Å². The van der Waals surface area contributed by atoms with Gasteiger partial charge in [0.1, 0.15) is 28.5 Å². The second kappa shape index (κ2) is 33.0. The molecule has 0 N–H and O–H groups in total. The first-order chi connectivity index (χ1) is 45.4. The Labute approximate surface area is 568 Å². The summed E-state index contributed by atoms with van der Waals surface area (Å²) in [6.45, 7) is 20.6. The summed E-state index contributed by atoms with van der Waals surface area (Å²) in [4.78, 5) is 9.76. The zero-order valence-electron chi connectivity index (χ0n) is 54.5. The van der Waals surface area contributed by atoms with E-state index in [0.717, 1.165) is 68.7 Å². The molecule has 0 aliphatic rings. The third-order valence-electron chi connectivity index (χ3n) is 16.6. The van der Waals surface area contributed by atoms with E-state index in [0.29, 0.717) is 34.1 Å². The molecule has 0 aliphatic heterocycles. The third kappa shape index (κ3) is 16.2. The van der Waals surface area contributed by atoms with Gasteiger partial charge in [0.05, 0.1) is 11.4 Å². The van der Waals surface area contributed by atoms with Gasteiger partial charge in [-0.2, -0.15) is 0 Å². The minimum absolute atomic E-state index is 0. The van der Waals surface area contributed by atoms with E-state index in [1.807, 2.05) is 133 Å². The van der Waals surface area contributed by atoms with Crippen LogP contribution in [0.1, 0.15) is 84.0 Å². The summed E-state index contributed by atoms with van der Waals surface area (Å²) < 4.78 is 0. The number of allylic oxidation sites excluding steroid dienone is 2. The van der Waals surface area contributed by atoms with E-state index in [1.165, 1.54) is 43.5 Å². The Kier molecular flexibility index (Phi) is 24.0. The molecule has 12 rings (SSSR count). The Morgan fingerprint density at radius 1 is 0.351 bits per heavy atom. The molecule has 12 aromatic carbocycles. The Morgan fingerprint density at radius 3 is 0.883 bits per heavy atom. The smallest absolute Gasteiger partial charge is 0.872 e. The minimum Gasteiger partial charge on any atom is -0.872 e. The fraction of sp³-hybridized carbons (Fsp3) is 0.114. The first-order valence-corrected chi connectivity index (χ1v) is 33.8. The first-order valence-electron chi connectivity index (χ1n) is 32.0. The molecular formula is C88H80N2NiO2P+. The Hall–Kier alpha value is -10.0. The molecular weight excluding hydrogens is 1210 g/mol. The van der Waals surface area contributed by atoms with E-state index >= 15 is 0 Å². The van der Waals surface area contributed by atoms with Gasteiger partial charge in [-0.3, -0.25) is 9.98 Å². The van der Waals surface area contributed by atoms with Crippen LogP contribution in [0.25, 0.3) is 44.5 Å². The van der Waals surface area contributed by atoms with Crippen LogP contribution in [-0.2, 0) is 29.3 Å². The van der Waals surface area contributed by atoms with Crippen LogP contribution in [-0.4, -0.2) is 12.4 Å². The fourth-order valence-electron chi connectivity index (χ4n) is 12.1. The zero-order valence-corrected chi connectivity index (χ0v) is 56.4. The number of benzene rings is 12. The van der Waals surface area contributed by atoms with Gasteiger partial charge in [0.25, 0.3) is 0 Å². The molecule has 0 bridgehead atoms. The van der Waals surface area contributed by atoms with Crippen molar-refractivity contribution in [1.82, 2.24) is 0 Å². The molecule has 94 heavy (non-hydrogen) atoms. The number of rotatable bonds is 18. The van der Waals surface area contributed by atoms with Crippen molar-refractivity contribution in [2.24, 2.45) is 9.98 Å². The summed E-state index contributed by atoms with van der Waals surface area (Å²) in [6.07, 6.45) is 8.98. The van der Waals surface area contributed by atoms with Gasteiger partial charge in [-0.1, -0.05) is 270 Å². The van der Waals surface area contributed by atoms with Crippen molar-refractivity contribution >= 4 is 52.3 Å². The molecule has 0 saturated carbocycles. The average Bonchev–Trinajstić information content (AvgIpc) is 0.741. The van der Waals surface area contributed by atoms with Gasteiger partial charge in [-0.05, 0) is 200 Å². The number of nitrogens with zero attached hydrogens (tertiary/aromatic N) is 2. The largest absolute Gasteiger partial charge is 2.00 e. The maximum atomic E-state index is 13.5. The SMILES string of the molecule is C=CCc1cc(C)c(N=Cc2cc(-c3ccccc3)cc(-c3ccccc3)c2[O-])c(C(C)C)c1.C=CCc1cc(C)c(N=Cc2cc(-c3ccccc3)cc(-c3ccccc3)c2[O-])c(C(C)C)c1.[Ni+2].c1ccc([P+](c2ccccc2)(c2ccccc2)c2ccccc2)cc1. The van der Waals surface area contributed by atoms with Crippen molar-refractivity contribution in [3.8, 4) is 56.0 Å². The van der Waals surface area contributed by atoms with Crippen LogP contribution in [0.15, 0.2) is 326 Å². The van der Waals surface area contributed by atoms with Crippen molar-refractivity contribution in [2.75, 3.05) is 0 Å². The van der Waals surface area contributed by atoms with Crippen molar-refractivity contribution in [2.45, 2.75) is 66.2 Å². The van der Waals surface area contributed by atoms with Crippen LogP contribution in [0.3, 0.4) is 0 Å². The summed E-state index contributed by atoms with van der Waals surface area (Å²) in [5, 5.41) is 32.6. The molecule has 0 unspecified atom stereocenters. The topological polar surface area (TPSA) is 70.8 Å². The minimum atomic E-state index is -1.91. The van der Waals surface area contributed by atoms with Crippen LogP contribution < -0.4 is 31.4 Å². The molecule has 6 heteroatoms. The molecule has 0 aromatic heterocycles. The molecule has 0 amide bonds. The Morgan fingerprint density at radius 2 is 0.617 bits per heavy atom. The molecule has 468 valence electrons. The van der Waals surface area contributed by atoms with Gasteiger partial charge in [0, 0.05) is 12.4 Å². The van der Waals surface area contributed by atoms with E-state index < -0.39 is 7.26 Å². The van der Waals surface area contributed by atoms with E-state index in [1.54, 1.807) is 12.4 Å². The summed E-state index contributed by atoms with van der Waals surface area (Å²) >= 11 is 0. The van der Waals surface area contributed by atoms with E-state index in [-0.39, 0.29) is 28.0 Å². The van der Waals surface area contributed by atoms with Crippen molar-refractivity contribution in [3.63, 3.8) is 0 Å². The number of hydrogen-bond acceptors (Lipinski definition) is 4. The van der Waals surface area contributed by atoms with Crippen molar-refractivity contribution in [1.29, 1.82) is 0 Å². The molecule has 12 aromatic rings. The maximum Gasteiger partial charge on any atom is 2.00 e. The quantitative estimate of drug-likeness (QED) is 0.0372. The van der Waals surface area contributed by atoms with E-state index in [2.05, 4.69) is 225 Å². The second-order valence-corrected chi connectivity index (χ2v) is 27.3. The monoisotopic (exact) mass is 1290 g/mol. The van der Waals surface area contributed by atoms with Crippen molar-refractivity contribution in [3.05, 3.63) is 361 Å². The van der Waals surface area contributed by atoms with Gasteiger partial charge in [-0.15, -0.1) is 13.2 Å².